The molecule has 0 atom stereocenters. The van der Waals surface area contributed by atoms with E-state index in [1.54, 1.807) is 6.07 Å². The first-order valence-electron chi connectivity index (χ1n) is 2.34. The Morgan fingerprint density at radius 2 is 1.82 bits per heavy atom. The van der Waals surface area contributed by atoms with Gasteiger partial charge in [-0.1, -0.05) is 0 Å². The van der Waals surface area contributed by atoms with Gasteiger partial charge in [0.05, 0.1) is 0 Å². The van der Waals surface area contributed by atoms with Crippen LogP contribution in [0.5, 0.6) is 0 Å². The van der Waals surface area contributed by atoms with Gasteiger partial charge in [0.25, 0.3) is 0 Å². The minimum absolute atomic E-state index is 0. The first-order chi connectivity index (χ1) is 3.79. The van der Waals surface area contributed by atoms with Crippen LogP contribution in [-0.2, 0) is 39.6 Å². The van der Waals surface area contributed by atoms with Crippen molar-refractivity contribution in [1.82, 2.24) is 0 Å². The number of rotatable bonds is 0. The van der Waals surface area contributed by atoms with E-state index in [1.807, 2.05) is 6.92 Å². The van der Waals surface area contributed by atoms with E-state index in [4.69, 9.17) is 0 Å². The molecule has 1 rings (SSSR count). The molecular formula is C8H8FVW-. The van der Waals surface area contributed by atoms with E-state index in [9.17, 15) is 4.39 Å². The first-order valence-corrected chi connectivity index (χ1v) is 2.34. The molecule has 59 valence electrons. The second kappa shape index (κ2) is 8.52. The zero-order chi connectivity index (χ0) is 5.98. The molecule has 0 aliphatic heterocycles. The number of hydrogen-bond donors (Lipinski definition) is 0. The molecule has 0 nitrogen and oxygen atoms in total. The van der Waals surface area contributed by atoms with Crippen LogP contribution >= 0.6 is 0 Å². The topological polar surface area (TPSA) is 0 Å². The SMILES string of the molecule is Cc1[c-]cc(F)[c-]c1.[CH3-].[V+2].[W]. The molecule has 0 fully saturated rings. The molecule has 0 heterocycles. The Labute approximate surface area is 93.7 Å². The first kappa shape index (κ1) is 17.5. The standard InChI is InChI=1S/C7H5F.CH3.V.W/c1-6-2-4-7(8)5-3-6;;;/h2,5H,1H3;1H3;;/q-2;-1;+2;. The number of benzene rings is 1. The Kier molecular flexibility index (Phi) is 13.5. The van der Waals surface area contributed by atoms with Crippen LogP contribution in [0, 0.1) is 32.3 Å². The average molecular weight is 358 g/mol. The summed E-state index contributed by atoms with van der Waals surface area (Å²) in [6.45, 7) is 1.84. The van der Waals surface area contributed by atoms with Crippen molar-refractivity contribution >= 4 is 0 Å². The molecule has 0 saturated heterocycles. The zero-order valence-corrected chi connectivity index (χ0v) is 10.7. The molecule has 0 bridgehead atoms. The van der Waals surface area contributed by atoms with Crippen molar-refractivity contribution in [3.8, 4) is 0 Å². The minimum atomic E-state index is -0.351. The smallest absolute Gasteiger partial charge is 0.358 e. The van der Waals surface area contributed by atoms with Crippen molar-refractivity contribution in [2.24, 2.45) is 0 Å². The molecule has 0 spiro atoms. The maximum Gasteiger partial charge on any atom is 2.00 e. The molecule has 0 aliphatic rings. The summed E-state index contributed by atoms with van der Waals surface area (Å²) in [6.07, 6.45) is 0. The molecule has 1 radical (unpaired) electrons. The Hall–Kier alpha value is 0.423. The molecule has 0 aliphatic carbocycles. The van der Waals surface area contributed by atoms with Gasteiger partial charge in [0.2, 0.25) is 0 Å². The van der Waals surface area contributed by atoms with Crippen LogP contribution in [0.3, 0.4) is 0 Å². The summed E-state index contributed by atoms with van der Waals surface area (Å²) in [5.41, 5.74) is 0.909. The quantitative estimate of drug-likeness (QED) is 0.624. The van der Waals surface area contributed by atoms with Crippen LogP contribution < -0.4 is 0 Å². The fourth-order valence-electron chi connectivity index (χ4n) is 0.438. The molecule has 0 amide bonds. The third kappa shape index (κ3) is 6.81. The predicted molar refractivity (Wildman–Crippen MR) is 35.2 cm³/mol. The largest absolute Gasteiger partial charge is 2.00 e. The average Bonchev–Trinajstić information content (AvgIpc) is 1.77. The van der Waals surface area contributed by atoms with Crippen molar-refractivity contribution in [1.29, 1.82) is 0 Å². The maximum atomic E-state index is 12.0. The normalized spacial score (nSPS) is 6.73. The molecular weight excluding hydrogens is 350 g/mol. The Morgan fingerprint density at radius 3 is 2.09 bits per heavy atom. The predicted octanol–water partition coefficient (Wildman–Crippen LogP) is 2.18. The fraction of sp³-hybridized carbons (Fsp3) is 0.125. The summed E-state index contributed by atoms with van der Waals surface area (Å²) < 4.78 is 12.0. The summed E-state index contributed by atoms with van der Waals surface area (Å²) in [4.78, 5) is 0. The van der Waals surface area contributed by atoms with E-state index in [0.29, 0.717) is 0 Å². The van der Waals surface area contributed by atoms with Crippen molar-refractivity contribution in [3.63, 3.8) is 0 Å². The second-order valence-corrected chi connectivity index (χ2v) is 1.61. The molecule has 0 unspecified atom stereocenters. The Bertz CT molecular complexity index is 153. The third-order valence-electron chi connectivity index (χ3n) is 0.853. The van der Waals surface area contributed by atoms with Crippen molar-refractivity contribution in [2.45, 2.75) is 6.92 Å². The minimum Gasteiger partial charge on any atom is -0.358 e. The number of halogens is 1. The maximum absolute atomic E-state index is 12.0. The van der Waals surface area contributed by atoms with Gasteiger partial charge in [-0.25, -0.2) is 0 Å². The molecule has 1 aromatic carbocycles. The Balaban J connectivity index is -0.000000213. The van der Waals surface area contributed by atoms with Crippen molar-refractivity contribution < 1.29 is 44.0 Å². The zero-order valence-electron chi connectivity index (χ0n) is 6.39. The molecule has 0 N–H and O–H groups in total. The van der Waals surface area contributed by atoms with E-state index >= 15 is 0 Å². The summed E-state index contributed by atoms with van der Waals surface area (Å²) in [7, 11) is 0. The third-order valence-corrected chi connectivity index (χ3v) is 0.853. The van der Waals surface area contributed by atoms with Gasteiger partial charge in [0.15, 0.2) is 0 Å². The van der Waals surface area contributed by atoms with Crippen LogP contribution in [0.25, 0.3) is 0 Å². The van der Waals surface area contributed by atoms with Crippen LogP contribution in [-0.4, -0.2) is 0 Å². The molecule has 3 heteroatoms. The van der Waals surface area contributed by atoms with E-state index in [-0.39, 0.29) is 52.9 Å². The van der Waals surface area contributed by atoms with Gasteiger partial charge in [-0.2, -0.15) is 0 Å². The van der Waals surface area contributed by atoms with Crippen molar-refractivity contribution in [3.05, 3.63) is 43.1 Å². The van der Waals surface area contributed by atoms with Gasteiger partial charge in [0.1, 0.15) is 0 Å². The number of aryl methyl sites for hydroxylation is 1. The number of hydrogen-bond acceptors (Lipinski definition) is 0. The fourth-order valence-corrected chi connectivity index (χ4v) is 0.438. The van der Waals surface area contributed by atoms with Gasteiger partial charge >= 0.3 is 18.6 Å². The van der Waals surface area contributed by atoms with Crippen LogP contribution in [0.4, 0.5) is 4.39 Å². The van der Waals surface area contributed by atoms with Crippen LogP contribution in [0.2, 0.25) is 0 Å². The van der Waals surface area contributed by atoms with Gasteiger partial charge in [-0.15, -0.1) is 12.7 Å². The van der Waals surface area contributed by atoms with Crippen LogP contribution in [0.15, 0.2) is 12.1 Å². The van der Waals surface area contributed by atoms with Gasteiger partial charge in [-0.05, 0) is 0 Å². The summed E-state index contributed by atoms with van der Waals surface area (Å²) >= 11 is 0. The van der Waals surface area contributed by atoms with E-state index in [1.165, 1.54) is 6.07 Å². The summed E-state index contributed by atoms with van der Waals surface area (Å²) in [5.74, 6) is -0.351. The van der Waals surface area contributed by atoms with Gasteiger partial charge < -0.3 is 17.9 Å². The van der Waals surface area contributed by atoms with E-state index < -0.39 is 0 Å². The Morgan fingerprint density at radius 1 is 1.27 bits per heavy atom. The molecule has 0 aromatic heterocycles. The van der Waals surface area contributed by atoms with E-state index in [0.717, 1.165) is 5.56 Å². The molecule has 1 aromatic rings. The van der Waals surface area contributed by atoms with E-state index in [2.05, 4.69) is 12.1 Å². The molecule has 0 saturated carbocycles. The monoisotopic (exact) mass is 358 g/mol. The summed E-state index contributed by atoms with van der Waals surface area (Å²) in [5, 5.41) is 0. The van der Waals surface area contributed by atoms with Gasteiger partial charge in [0, 0.05) is 21.1 Å². The van der Waals surface area contributed by atoms with Gasteiger partial charge in [-0.3, -0.25) is 23.8 Å². The molecule has 11 heavy (non-hydrogen) atoms. The van der Waals surface area contributed by atoms with Crippen molar-refractivity contribution in [2.75, 3.05) is 0 Å². The van der Waals surface area contributed by atoms with Crippen LogP contribution in [0.1, 0.15) is 5.56 Å². The summed E-state index contributed by atoms with van der Waals surface area (Å²) in [6, 6.07) is 7.93. The second-order valence-electron chi connectivity index (χ2n) is 1.61.